The first-order valence-electron chi connectivity index (χ1n) is 9.12. The number of hydrogen-bond acceptors (Lipinski definition) is 4. The molecule has 0 saturated heterocycles. The fraction of sp³-hybridized carbons (Fsp3) is 0.0952. The molecule has 0 radical (unpaired) electrons. The van der Waals surface area contributed by atoms with Crippen LogP contribution in [0.25, 0.3) is 0 Å². The van der Waals surface area contributed by atoms with Crippen LogP contribution < -0.4 is 14.8 Å². The lowest BCUT2D eigenvalue weighted by Gasteiger charge is -2.13. The molecule has 168 valence electrons. The number of amides is 1. The van der Waals surface area contributed by atoms with Gasteiger partial charge in [-0.25, -0.2) is 17.2 Å². The van der Waals surface area contributed by atoms with Gasteiger partial charge >= 0.3 is 0 Å². The molecule has 0 atom stereocenters. The number of anilines is 2. The Morgan fingerprint density at radius 3 is 2.31 bits per heavy atom. The Hall–Kier alpha value is -2.69. The standard InChI is InChI=1S/C21H16BrClF2N2O4S/c1-2-31-19-8-3-12(22)9-20(19)32(29,30)27-14-6-4-13(5-7-14)26-21(28)15-10-17(24)18(25)11-16(15)23/h3-11,27H,2H2,1H3,(H,26,28). The minimum Gasteiger partial charge on any atom is -0.492 e. The lowest BCUT2D eigenvalue weighted by Crippen LogP contribution is -2.15. The zero-order valence-electron chi connectivity index (χ0n) is 16.5. The molecule has 11 heteroatoms. The quantitative estimate of drug-likeness (QED) is 0.366. The Kier molecular flexibility index (Phi) is 7.37. The van der Waals surface area contributed by atoms with Crippen LogP contribution in [0.4, 0.5) is 20.2 Å². The van der Waals surface area contributed by atoms with E-state index in [2.05, 4.69) is 26.0 Å². The molecular weight excluding hydrogens is 530 g/mol. The molecule has 0 aliphatic carbocycles. The van der Waals surface area contributed by atoms with Gasteiger partial charge in [0, 0.05) is 15.8 Å². The Bertz CT molecular complexity index is 1270. The van der Waals surface area contributed by atoms with E-state index in [0.717, 1.165) is 0 Å². The van der Waals surface area contributed by atoms with Gasteiger partial charge in [-0.15, -0.1) is 0 Å². The fourth-order valence-corrected chi connectivity index (χ4v) is 4.67. The van der Waals surface area contributed by atoms with Gasteiger partial charge in [0.15, 0.2) is 11.6 Å². The van der Waals surface area contributed by atoms with Crippen molar-refractivity contribution < 1.29 is 26.7 Å². The molecular formula is C21H16BrClF2N2O4S. The average Bonchev–Trinajstić information content (AvgIpc) is 2.73. The molecule has 3 rings (SSSR count). The summed E-state index contributed by atoms with van der Waals surface area (Å²) in [5.41, 5.74) is 0.279. The minimum atomic E-state index is -3.97. The second kappa shape index (κ2) is 9.85. The lowest BCUT2D eigenvalue weighted by atomic mass is 10.2. The van der Waals surface area contributed by atoms with E-state index in [-0.39, 0.29) is 32.6 Å². The molecule has 2 N–H and O–H groups in total. The normalized spacial score (nSPS) is 11.2. The molecule has 0 bridgehead atoms. The van der Waals surface area contributed by atoms with Crippen LogP contribution in [-0.4, -0.2) is 20.9 Å². The summed E-state index contributed by atoms with van der Waals surface area (Å²) in [6.45, 7) is 2.03. The van der Waals surface area contributed by atoms with Gasteiger partial charge in [-0.05, 0) is 61.5 Å². The highest BCUT2D eigenvalue weighted by atomic mass is 79.9. The number of benzene rings is 3. The monoisotopic (exact) mass is 544 g/mol. The molecule has 32 heavy (non-hydrogen) atoms. The number of sulfonamides is 1. The van der Waals surface area contributed by atoms with Crippen molar-refractivity contribution in [2.45, 2.75) is 11.8 Å². The third-order valence-electron chi connectivity index (χ3n) is 4.14. The van der Waals surface area contributed by atoms with Crippen molar-refractivity contribution in [3.05, 3.63) is 81.3 Å². The van der Waals surface area contributed by atoms with E-state index >= 15 is 0 Å². The van der Waals surface area contributed by atoms with Crippen LogP contribution in [0.15, 0.2) is 64.0 Å². The van der Waals surface area contributed by atoms with E-state index in [1.165, 1.54) is 30.3 Å². The van der Waals surface area contributed by atoms with Crippen LogP contribution in [0.5, 0.6) is 5.75 Å². The van der Waals surface area contributed by atoms with E-state index in [1.807, 2.05) is 0 Å². The third kappa shape index (κ3) is 5.56. The van der Waals surface area contributed by atoms with Crippen molar-refractivity contribution in [2.24, 2.45) is 0 Å². The topological polar surface area (TPSA) is 84.5 Å². The van der Waals surface area contributed by atoms with Crippen molar-refractivity contribution in [1.82, 2.24) is 0 Å². The molecule has 1 amide bonds. The van der Waals surface area contributed by atoms with Crippen LogP contribution in [0.1, 0.15) is 17.3 Å². The summed E-state index contributed by atoms with van der Waals surface area (Å²) in [6.07, 6.45) is 0. The first-order chi connectivity index (χ1) is 15.1. The van der Waals surface area contributed by atoms with Crippen molar-refractivity contribution in [1.29, 1.82) is 0 Å². The zero-order chi connectivity index (χ0) is 23.5. The van der Waals surface area contributed by atoms with E-state index in [1.54, 1.807) is 19.1 Å². The van der Waals surface area contributed by atoms with Gasteiger partial charge < -0.3 is 10.1 Å². The van der Waals surface area contributed by atoms with E-state index in [4.69, 9.17) is 16.3 Å². The zero-order valence-corrected chi connectivity index (χ0v) is 19.6. The van der Waals surface area contributed by atoms with E-state index < -0.39 is 27.6 Å². The predicted molar refractivity (Wildman–Crippen MR) is 122 cm³/mol. The van der Waals surface area contributed by atoms with Crippen LogP contribution in [-0.2, 0) is 10.0 Å². The lowest BCUT2D eigenvalue weighted by molar-refractivity contribution is 0.102. The maximum Gasteiger partial charge on any atom is 0.265 e. The molecule has 0 fully saturated rings. The highest BCUT2D eigenvalue weighted by molar-refractivity contribution is 9.10. The summed E-state index contributed by atoms with van der Waals surface area (Å²) >= 11 is 9.06. The van der Waals surface area contributed by atoms with Gasteiger partial charge in [0.25, 0.3) is 15.9 Å². The molecule has 0 unspecified atom stereocenters. The number of rotatable bonds is 7. The maximum absolute atomic E-state index is 13.4. The molecule has 0 aliphatic rings. The number of nitrogens with one attached hydrogen (secondary N) is 2. The SMILES string of the molecule is CCOc1ccc(Br)cc1S(=O)(=O)Nc1ccc(NC(=O)c2cc(F)c(F)cc2Cl)cc1. The van der Waals surface area contributed by atoms with Gasteiger partial charge in [0.1, 0.15) is 10.6 Å². The van der Waals surface area contributed by atoms with Crippen LogP contribution in [0, 0.1) is 11.6 Å². The highest BCUT2D eigenvalue weighted by Gasteiger charge is 2.21. The van der Waals surface area contributed by atoms with Gasteiger partial charge in [-0.2, -0.15) is 0 Å². The largest absolute Gasteiger partial charge is 0.492 e. The predicted octanol–water partition coefficient (Wildman–Crippen LogP) is 5.83. The smallest absolute Gasteiger partial charge is 0.265 e. The van der Waals surface area contributed by atoms with Crippen LogP contribution >= 0.6 is 27.5 Å². The molecule has 3 aromatic carbocycles. The number of halogens is 4. The van der Waals surface area contributed by atoms with Crippen molar-refractivity contribution in [2.75, 3.05) is 16.6 Å². The number of hydrogen-bond donors (Lipinski definition) is 2. The van der Waals surface area contributed by atoms with Crippen LogP contribution in [0.2, 0.25) is 5.02 Å². The van der Waals surface area contributed by atoms with Crippen molar-refractivity contribution in [3.8, 4) is 5.75 Å². The summed E-state index contributed by atoms with van der Waals surface area (Å²) in [4.78, 5) is 12.3. The molecule has 6 nitrogen and oxygen atoms in total. The average molecular weight is 546 g/mol. The molecule has 0 aliphatic heterocycles. The molecule has 0 saturated carbocycles. The Morgan fingerprint density at radius 1 is 1.03 bits per heavy atom. The number of carbonyl (C=O) groups excluding carboxylic acids is 1. The fourth-order valence-electron chi connectivity index (χ4n) is 2.69. The molecule has 0 spiro atoms. The summed E-state index contributed by atoms with van der Waals surface area (Å²) in [5, 5.41) is 2.24. The molecule has 0 heterocycles. The van der Waals surface area contributed by atoms with Crippen LogP contribution in [0.3, 0.4) is 0 Å². The Morgan fingerprint density at radius 2 is 1.66 bits per heavy atom. The third-order valence-corrected chi connectivity index (χ3v) is 6.35. The minimum absolute atomic E-state index is 0.0425. The van der Waals surface area contributed by atoms with Gasteiger partial charge in [0.05, 0.1) is 17.2 Å². The second-order valence-corrected chi connectivity index (χ2v) is 9.38. The highest BCUT2D eigenvalue weighted by Crippen LogP contribution is 2.29. The number of carbonyl (C=O) groups is 1. The van der Waals surface area contributed by atoms with Gasteiger partial charge in [-0.3, -0.25) is 9.52 Å². The van der Waals surface area contributed by atoms with E-state index in [0.29, 0.717) is 23.2 Å². The first-order valence-corrected chi connectivity index (χ1v) is 11.8. The summed E-state index contributed by atoms with van der Waals surface area (Å²) in [7, 11) is -3.97. The summed E-state index contributed by atoms with van der Waals surface area (Å²) in [5.74, 6) is -2.92. The first kappa shape index (κ1) is 24.0. The summed E-state index contributed by atoms with van der Waals surface area (Å²) in [6, 6.07) is 11.8. The molecule has 3 aromatic rings. The molecule has 0 aromatic heterocycles. The van der Waals surface area contributed by atoms with Crippen molar-refractivity contribution >= 4 is 54.8 Å². The number of ether oxygens (including phenoxy) is 1. The Labute approximate surface area is 196 Å². The summed E-state index contributed by atoms with van der Waals surface area (Å²) < 4.78 is 60.7. The van der Waals surface area contributed by atoms with Crippen molar-refractivity contribution in [3.63, 3.8) is 0 Å². The van der Waals surface area contributed by atoms with E-state index in [9.17, 15) is 22.0 Å². The van der Waals surface area contributed by atoms with Gasteiger partial charge in [-0.1, -0.05) is 27.5 Å². The Balaban J connectivity index is 1.77. The van der Waals surface area contributed by atoms with Gasteiger partial charge in [0.2, 0.25) is 0 Å². The maximum atomic E-state index is 13.4. The second-order valence-electron chi connectivity index (χ2n) is 6.41.